The van der Waals surface area contributed by atoms with E-state index in [0.717, 1.165) is 22.3 Å². The van der Waals surface area contributed by atoms with E-state index in [1.165, 1.54) is 22.3 Å². The molecule has 0 bridgehead atoms. The maximum Gasteiger partial charge on any atom is 0.0406 e. The molecule has 32 heavy (non-hydrogen) atoms. The van der Waals surface area contributed by atoms with Gasteiger partial charge in [0.25, 0.3) is 0 Å². The van der Waals surface area contributed by atoms with Gasteiger partial charge in [-0.05, 0) is 57.6 Å². The van der Waals surface area contributed by atoms with Gasteiger partial charge < -0.3 is 0 Å². The summed E-state index contributed by atoms with van der Waals surface area (Å²) in [6, 6.07) is 46.3. The quantitative estimate of drug-likeness (QED) is 0.266. The third-order valence-corrected chi connectivity index (χ3v) is 5.52. The van der Waals surface area contributed by atoms with Crippen LogP contribution in [-0.4, -0.2) is 0 Å². The van der Waals surface area contributed by atoms with Crippen molar-refractivity contribution in [3.05, 3.63) is 145 Å². The average Bonchev–Trinajstić information content (AvgIpc) is 2.89. The second-order valence-corrected chi connectivity index (χ2v) is 7.66. The van der Waals surface area contributed by atoms with Gasteiger partial charge >= 0.3 is 0 Å². The van der Waals surface area contributed by atoms with Crippen LogP contribution in [-0.2, 0) is 0 Å². The monoisotopic (exact) mass is 406 g/mol. The second kappa shape index (κ2) is 9.21. The summed E-state index contributed by atoms with van der Waals surface area (Å²) in [6.07, 6.45) is 0. The van der Waals surface area contributed by atoms with Gasteiger partial charge in [0.05, 0.1) is 0 Å². The molecule has 0 heterocycles. The first kappa shape index (κ1) is 19.6. The summed E-state index contributed by atoms with van der Waals surface area (Å²) >= 11 is 0. The summed E-state index contributed by atoms with van der Waals surface area (Å²) in [4.78, 5) is 0. The normalized spacial score (nSPS) is 10.2. The molecule has 0 atom stereocenters. The Balaban J connectivity index is 1.81. The minimum atomic E-state index is 1.01. The van der Waals surface area contributed by atoms with Crippen molar-refractivity contribution >= 4 is 0 Å². The van der Waals surface area contributed by atoms with E-state index in [-0.39, 0.29) is 0 Å². The second-order valence-electron chi connectivity index (χ2n) is 7.66. The van der Waals surface area contributed by atoms with E-state index in [4.69, 9.17) is 0 Å². The summed E-state index contributed by atoms with van der Waals surface area (Å²) in [5, 5.41) is 0. The highest BCUT2D eigenvalue weighted by molar-refractivity contribution is 5.88. The van der Waals surface area contributed by atoms with Crippen LogP contribution in [0.2, 0.25) is 0 Å². The van der Waals surface area contributed by atoms with E-state index in [1.54, 1.807) is 0 Å². The van der Waals surface area contributed by atoms with Crippen molar-refractivity contribution in [2.24, 2.45) is 0 Å². The topological polar surface area (TPSA) is 0 Å². The van der Waals surface area contributed by atoms with Gasteiger partial charge in [-0.3, -0.25) is 0 Å². The molecule has 0 unspecified atom stereocenters. The minimum absolute atomic E-state index is 1.01. The molecule has 150 valence electrons. The first-order chi connectivity index (χ1) is 15.9. The zero-order valence-corrected chi connectivity index (χ0v) is 17.7. The average molecular weight is 407 g/mol. The molecule has 0 N–H and O–H groups in total. The molecule has 0 fully saturated rings. The van der Waals surface area contributed by atoms with Gasteiger partial charge in [0.2, 0.25) is 0 Å². The molecule has 0 heteroatoms. The van der Waals surface area contributed by atoms with Crippen molar-refractivity contribution in [3.8, 4) is 45.2 Å². The van der Waals surface area contributed by atoms with E-state index in [0.29, 0.717) is 0 Å². The van der Waals surface area contributed by atoms with Gasteiger partial charge in [-0.25, -0.2) is 0 Å². The molecule has 5 aromatic rings. The molecular formula is C32H22. The van der Waals surface area contributed by atoms with Gasteiger partial charge in [0.1, 0.15) is 0 Å². The summed E-state index contributed by atoms with van der Waals surface area (Å²) in [5.41, 5.74) is 9.07. The lowest BCUT2D eigenvalue weighted by molar-refractivity contribution is 1.53. The van der Waals surface area contributed by atoms with E-state index in [2.05, 4.69) is 127 Å². The Morgan fingerprint density at radius 1 is 0.344 bits per heavy atom. The van der Waals surface area contributed by atoms with Crippen LogP contribution in [0.1, 0.15) is 11.1 Å². The Morgan fingerprint density at radius 2 is 0.750 bits per heavy atom. The predicted molar refractivity (Wildman–Crippen MR) is 135 cm³/mol. The molecule has 0 aliphatic heterocycles. The van der Waals surface area contributed by atoms with Crippen LogP contribution in [0.4, 0.5) is 0 Å². The Labute approximate surface area is 189 Å². The van der Waals surface area contributed by atoms with Crippen molar-refractivity contribution in [3.63, 3.8) is 0 Å². The molecule has 5 aromatic carbocycles. The maximum atomic E-state index is 3.52. The van der Waals surface area contributed by atoms with Gasteiger partial charge in [0, 0.05) is 11.1 Å². The molecule has 0 saturated carbocycles. The molecule has 0 aliphatic carbocycles. The summed E-state index contributed by atoms with van der Waals surface area (Å²) < 4.78 is 0. The molecule has 0 aromatic heterocycles. The molecule has 0 radical (unpaired) electrons. The Bertz CT molecular complexity index is 1310. The fraction of sp³-hybridized carbons (Fsp3) is 0. The van der Waals surface area contributed by atoms with Crippen molar-refractivity contribution in [1.82, 2.24) is 0 Å². The lowest BCUT2D eigenvalue weighted by Gasteiger charge is -2.15. The molecule has 5 rings (SSSR count). The molecule has 0 nitrogen and oxygen atoms in total. The Hall–Kier alpha value is -4.34. The standard InChI is InChI=1S/C32H22/c1-5-13-25(14-6-1)21-22-30-31(27-17-9-3-10-18-27)23-29(26-15-7-2-8-16-26)24-32(30)28-19-11-4-12-20-28/h1-20,23-24H. The first-order valence-electron chi connectivity index (χ1n) is 10.8. The lowest BCUT2D eigenvalue weighted by atomic mass is 9.88. The van der Waals surface area contributed by atoms with Crippen molar-refractivity contribution in [2.75, 3.05) is 0 Å². The highest BCUT2D eigenvalue weighted by atomic mass is 14.2. The van der Waals surface area contributed by atoms with Crippen LogP contribution in [0.3, 0.4) is 0 Å². The molecule has 0 aliphatic rings. The zero-order chi connectivity index (χ0) is 21.6. The minimum Gasteiger partial charge on any atom is -0.0622 e. The van der Waals surface area contributed by atoms with Crippen molar-refractivity contribution in [2.45, 2.75) is 0 Å². The highest BCUT2D eigenvalue weighted by Gasteiger charge is 2.14. The van der Waals surface area contributed by atoms with Crippen molar-refractivity contribution in [1.29, 1.82) is 0 Å². The summed E-state index contributed by atoms with van der Waals surface area (Å²) in [5.74, 6) is 6.91. The van der Waals surface area contributed by atoms with E-state index >= 15 is 0 Å². The largest absolute Gasteiger partial charge is 0.0622 e. The van der Waals surface area contributed by atoms with Gasteiger partial charge in [-0.2, -0.15) is 0 Å². The smallest absolute Gasteiger partial charge is 0.0406 e. The first-order valence-corrected chi connectivity index (χ1v) is 10.8. The molecule has 0 spiro atoms. The summed E-state index contributed by atoms with van der Waals surface area (Å²) in [7, 11) is 0. The van der Waals surface area contributed by atoms with E-state index < -0.39 is 0 Å². The summed E-state index contributed by atoms with van der Waals surface area (Å²) in [6.45, 7) is 0. The van der Waals surface area contributed by atoms with Crippen LogP contribution in [0.25, 0.3) is 33.4 Å². The lowest BCUT2D eigenvalue weighted by Crippen LogP contribution is -1.93. The van der Waals surface area contributed by atoms with Crippen LogP contribution < -0.4 is 0 Å². The van der Waals surface area contributed by atoms with Crippen LogP contribution in [0.15, 0.2) is 133 Å². The third kappa shape index (κ3) is 4.24. The Kier molecular flexibility index (Phi) is 5.64. The fourth-order valence-electron chi connectivity index (χ4n) is 3.92. The van der Waals surface area contributed by atoms with Gasteiger partial charge in [-0.15, -0.1) is 0 Å². The third-order valence-electron chi connectivity index (χ3n) is 5.52. The predicted octanol–water partition coefficient (Wildman–Crippen LogP) is 8.09. The van der Waals surface area contributed by atoms with Crippen LogP contribution in [0.5, 0.6) is 0 Å². The number of benzene rings is 5. The number of hydrogen-bond donors (Lipinski definition) is 0. The van der Waals surface area contributed by atoms with Crippen LogP contribution >= 0.6 is 0 Å². The number of hydrogen-bond acceptors (Lipinski definition) is 0. The van der Waals surface area contributed by atoms with Gasteiger partial charge in [0.15, 0.2) is 0 Å². The number of rotatable bonds is 3. The van der Waals surface area contributed by atoms with E-state index in [1.807, 2.05) is 18.2 Å². The molecule has 0 saturated heterocycles. The SMILES string of the molecule is C(#Cc1c(-c2ccccc2)cc(-c2ccccc2)cc1-c1ccccc1)c1ccccc1. The van der Waals surface area contributed by atoms with Crippen molar-refractivity contribution < 1.29 is 0 Å². The molecular weight excluding hydrogens is 384 g/mol. The Morgan fingerprint density at radius 3 is 1.22 bits per heavy atom. The van der Waals surface area contributed by atoms with E-state index in [9.17, 15) is 0 Å². The van der Waals surface area contributed by atoms with Gasteiger partial charge in [-0.1, -0.05) is 121 Å². The zero-order valence-electron chi connectivity index (χ0n) is 17.7. The molecule has 0 amide bonds. The fourth-order valence-corrected chi connectivity index (χ4v) is 3.92. The van der Waals surface area contributed by atoms with Crippen LogP contribution in [0, 0.1) is 11.8 Å². The maximum absolute atomic E-state index is 3.52. The highest BCUT2D eigenvalue weighted by Crippen LogP contribution is 2.37.